The van der Waals surface area contributed by atoms with E-state index in [4.69, 9.17) is 9.47 Å². The number of esters is 2. The van der Waals surface area contributed by atoms with E-state index in [0.717, 1.165) is 11.1 Å². The van der Waals surface area contributed by atoms with Gasteiger partial charge in [-0.3, -0.25) is 0 Å². The van der Waals surface area contributed by atoms with Crippen molar-refractivity contribution >= 4 is 23.6 Å². The largest absolute Gasteiger partial charge is 0.420 e. The number of ether oxygens (including phenoxy) is 2. The molecule has 0 N–H and O–H groups in total. The second kappa shape index (κ2) is 4.91. The molecule has 0 aliphatic carbocycles. The Bertz CT molecular complexity index is 924. The Morgan fingerprint density at radius 2 is 1.43 bits per heavy atom. The van der Waals surface area contributed by atoms with Crippen LogP contribution < -0.4 is 0 Å². The third kappa shape index (κ3) is 2.05. The molecule has 0 saturated carbocycles. The lowest BCUT2D eigenvalue weighted by Crippen LogP contribution is -2.07. The SMILES string of the molecule is Cc1ccccc1C1=NC(=C2OC(=O)c3ccccc32)C(=O)O1. The highest BCUT2D eigenvalue weighted by Crippen LogP contribution is 2.34. The second-order valence-electron chi connectivity index (χ2n) is 5.23. The maximum Gasteiger partial charge on any atom is 0.367 e. The molecule has 2 heterocycles. The molecule has 4 rings (SSSR count). The van der Waals surface area contributed by atoms with Crippen LogP contribution in [0.1, 0.15) is 27.0 Å². The van der Waals surface area contributed by atoms with Gasteiger partial charge < -0.3 is 9.47 Å². The van der Waals surface area contributed by atoms with Gasteiger partial charge in [-0.1, -0.05) is 36.4 Å². The van der Waals surface area contributed by atoms with Gasteiger partial charge in [0.05, 0.1) is 5.56 Å². The fourth-order valence-corrected chi connectivity index (χ4v) is 2.62. The molecule has 0 amide bonds. The summed E-state index contributed by atoms with van der Waals surface area (Å²) in [6.07, 6.45) is 0. The van der Waals surface area contributed by atoms with E-state index in [1.165, 1.54) is 0 Å². The fraction of sp³-hybridized carbons (Fsp3) is 0.0556. The van der Waals surface area contributed by atoms with Crippen LogP contribution in [-0.4, -0.2) is 17.8 Å². The van der Waals surface area contributed by atoms with Crippen molar-refractivity contribution in [2.45, 2.75) is 6.92 Å². The van der Waals surface area contributed by atoms with Crippen molar-refractivity contribution in [1.82, 2.24) is 0 Å². The van der Waals surface area contributed by atoms with Gasteiger partial charge in [0, 0.05) is 11.1 Å². The number of aliphatic imine (C=N–C) groups is 1. The van der Waals surface area contributed by atoms with E-state index in [1.54, 1.807) is 24.3 Å². The van der Waals surface area contributed by atoms with Gasteiger partial charge in [-0.05, 0) is 24.6 Å². The number of hydrogen-bond acceptors (Lipinski definition) is 5. The first-order chi connectivity index (χ1) is 11.1. The van der Waals surface area contributed by atoms with Gasteiger partial charge in [-0.2, -0.15) is 0 Å². The van der Waals surface area contributed by atoms with E-state index in [2.05, 4.69) is 4.99 Å². The Balaban J connectivity index is 1.86. The van der Waals surface area contributed by atoms with Crippen molar-refractivity contribution in [3.8, 4) is 0 Å². The van der Waals surface area contributed by atoms with Crippen molar-refractivity contribution in [1.29, 1.82) is 0 Å². The number of aryl methyl sites for hydroxylation is 1. The molecular weight excluding hydrogens is 294 g/mol. The van der Waals surface area contributed by atoms with Crippen molar-refractivity contribution in [2.24, 2.45) is 4.99 Å². The summed E-state index contributed by atoms with van der Waals surface area (Å²) in [6, 6.07) is 14.3. The Morgan fingerprint density at radius 3 is 2.17 bits per heavy atom. The topological polar surface area (TPSA) is 65.0 Å². The summed E-state index contributed by atoms with van der Waals surface area (Å²) in [4.78, 5) is 28.3. The molecule has 5 heteroatoms. The van der Waals surface area contributed by atoms with Crippen LogP contribution >= 0.6 is 0 Å². The summed E-state index contributed by atoms with van der Waals surface area (Å²) in [5, 5.41) is 0. The number of carbonyl (C=O) groups excluding carboxylic acids is 2. The van der Waals surface area contributed by atoms with E-state index >= 15 is 0 Å². The second-order valence-corrected chi connectivity index (χ2v) is 5.23. The third-order valence-corrected chi connectivity index (χ3v) is 3.77. The summed E-state index contributed by atoms with van der Waals surface area (Å²) in [5.41, 5.74) is 2.66. The summed E-state index contributed by atoms with van der Waals surface area (Å²) >= 11 is 0. The van der Waals surface area contributed by atoms with Crippen LogP contribution in [0.3, 0.4) is 0 Å². The summed E-state index contributed by atoms with van der Waals surface area (Å²) < 4.78 is 10.5. The maximum atomic E-state index is 12.2. The Hall–Kier alpha value is -3.21. The number of carbonyl (C=O) groups is 2. The normalized spacial score (nSPS) is 19.3. The Morgan fingerprint density at radius 1 is 0.783 bits per heavy atom. The van der Waals surface area contributed by atoms with Gasteiger partial charge >= 0.3 is 11.9 Å². The zero-order valence-electron chi connectivity index (χ0n) is 12.2. The van der Waals surface area contributed by atoms with Gasteiger partial charge in [0.15, 0.2) is 11.5 Å². The van der Waals surface area contributed by atoms with E-state index in [-0.39, 0.29) is 17.4 Å². The molecule has 0 fully saturated rings. The van der Waals surface area contributed by atoms with Crippen LogP contribution in [-0.2, 0) is 14.3 Å². The van der Waals surface area contributed by atoms with E-state index < -0.39 is 11.9 Å². The van der Waals surface area contributed by atoms with E-state index in [0.29, 0.717) is 11.1 Å². The standard InChI is InChI=1S/C18H11NO4/c1-10-6-2-3-7-11(10)16-19-14(18(21)23-16)15-12-8-4-5-9-13(12)17(20)22-15/h2-9H,1H3. The molecule has 0 atom stereocenters. The number of cyclic esters (lactones) is 2. The predicted octanol–water partition coefficient (Wildman–Crippen LogP) is 2.84. The van der Waals surface area contributed by atoms with Gasteiger partial charge in [0.1, 0.15) is 0 Å². The highest BCUT2D eigenvalue weighted by Gasteiger charge is 2.35. The molecule has 0 bridgehead atoms. The summed E-state index contributed by atoms with van der Waals surface area (Å²) in [5.74, 6) is -0.742. The van der Waals surface area contributed by atoms with E-state index in [9.17, 15) is 9.59 Å². The molecule has 112 valence electrons. The lowest BCUT2D eigenvalue weighted by atomic mass is 10.1. The fourth-order valence-electron chi connectivity index (χ4n) is 2.62. The molecule has 2 aliphatic heterocycles. The van der Waals surface area contributed by atoms with Crippen molar-refractivity contribution < 1.29 is 19.1 Å². The number of fused-ring (bicyclic) bond motifs is 1. The van der Waals surface area contributed by atoms with Crippen LogP contribution in [0.5, 0.6) is 0 Å². The molecular formula is C18H11NO4. The average molecular weight is 305 g/mol. The van der Waals surface area contributed by atoms with Crippen molar-refractivity contribution in [2.75, 3.05) is 0 Å². The molecule has 5 nitrogen and oxygen atoms in total. The predicted molar refractivity (Wildman–Crippen MR) is 82.6 cm³/mol. The monoisotopic (exact) mass is 305 g/mol. The number of benzene rings is 2. The Labute approximate surface area is 131 Å². The van der Waals surface area contributed by atoms with E-state index in [1.807, 2.05) is 31.2 Å². The average Bonchev–Trinajstić information content (AvgIpc) is 3.09. The van der Waals surface area contributed by atoms with Gasteiger partial charge in [-0.15, -0.1) is 0 Å². The van der Waals surface area contributed by atoms with Crippen molar-refractivity contribution in [3.63, 3.8) is 0 Å². The van der Waals surface area contributed by atoms with Gasteiger partial charge in [0.2, 0.25) is 5.90 Å². The highest BCUT2D eigenvalue weighted by atomic mass is 16.6. The van der Waals surface area contributed by atoms with Crippen LogP contribution in [0.4, 0.5) is 0 Å². The van der Waals surface area contributed by atoms with Crippen LogP contribution in [0.2, 0.25) is 0 Å². The molecule has 23 heavy (non-hydrogen) atoms. The van der Waals surface area contributed by atoms with Crippen LogP contribution in [0, 0.1) is 6.92 Å². The third-order valence-electron chi connectivity index (χ3n) is 3.77. The summed E-state index contributed by atoms with van der Waals surface area (Å²) in [6.45, 7) is 1.90. The minimum atomic E-state index is -0.622. The lowest BCUT2D eigenvalue weighted by molar-refractivity contribution is -0.130. The first-order valence-electron chi connectivity index (χ1n) is 7.08. The maximum absolute atomic E-state index is 12.2. The van der Waals surface area contributed by atoms with Gasteiger partial charge in [-0.25, -0.2) is 14.6 Å². The Kier molecular flexibility index (Phi) is 2.87. The molecule has 0 saturated heterocycles. The first kappa shape index (κ1) is 13.5. The zero-order chi connectivity index (χ0) is 16.0. The number of hydrogen-bond donors (Lipinski definition) is 0. The smallest absolute Gasteiger partial charge is 0.367 e. The molecule has 0 spiro atoms. The molecule has 0 radical (unpaired) electrons. The first-order valence-corrected chi connectivity index (χ1v) is 7.08. The molecule has 2 aliphatic rings. The van der Waals surface area contributed by atoms with Crippen molar-refractivity contribution in [3.05, 3.63) is 76.5 Å². The number of nitrogens with zero attached hydrogens (tertiary/aromatic N) is 1. The number of rotatable bonds is 1. The molecule has 2 aromatic rings. The van der Waals surface area contributed by atoms with Crippen LogP contribution in [0.15, 0.2) is 59.2 Å². The molecule has 0 unspecified atom stereocenters. The zero-order valence-corrected chi connectivity index (χ0v) is 12.2. The van der Waals surface area contributed by atoms with Crippen LogP contribution in [0.25, 0.3) is 5.76 Å². The highest BCUT2D eigenvalue weighted by molar-refractivity contribution is 6.16. The minimum absolute atomic E-state index is 0.0153. The summed E-state index contributed by atoms with van der Waals surface area (Å²) in [7, 11) is 0. The van der Waals surface area contributed by atoms with Gasteiger partial charge in [0.25, 0.3) is 0 Å². The lowest BCUT2D eigenvalue weighted by Gasteiger charge is -2.02. The quantitative estimate of drug-likeness (QED) is 0.600. The molecule has 2 aromatic carbocycles. The minimum Gasteiger partial charge on any atom is -0.420 e. The molecule has 0 aromatic heterocycles.